The van der Waals surface area contributed by atoms with Crippen LogP contribution < -0.4 is 10.1 Å². The van der Waals surface area contributed by atoms with Crippen LogP contribution >= 0.6 is 24.0 Å². The Morgan fingerprint density at radius 1 is 1.08 bits per heavy atom. The molecule has 0 fully saturated rings. The van der Waals surface area contributed by atoms with E-state index in [1.54, 1.807) is 0 Å². The number of rotatable bonds is 4. The Morgan fingerprint density at radius 3 is 2.33 bits per heavy atom. The first-order valence-electron chi connectivity index (χ1n) is 7.79. The van der Waals surface area contributed by atoms with Gasteiger partial charge < -0.3 is 10.1 Å². The van der Waals surface area contributed by atoms with Gasteiger partial charge in [0.25, 0.3) is 0 Å². The first-order chi connectivity index (χ1) is 11.0. The highest BCUT2D eigenvalue weighted by molar-refractivity contribution is 6.30. The standard InChI is InChI=1S/C19H21ClN2O.ClH/c1-19(2)12-21-18(22-13-19)17(14-6-4-3-5-7-14)23-16-10-8-15(20)9-11-16;/h3-11,17H,12-13H2,1-2H3,(H,21,22);1H. The summed E-state index contributed by atoms with van der Waals surface area (Å²) in [4.78, 5) is 4.73. The van der Waals surface area contributed by atoms with Gasteiger partial charge in [-0.05, 0) is 29.8 Å². The van der Waals surface area contributed by atoms with Crippen LogP contribution in [0, 0.1) is 5.41 Å². The summed E-state index contributed by atoms with van der Waals surface area (Å²) >= 11 is 5.95. The zero-order valence-corrected chi connectivity index (χ0v) is 15.4. The number of aliphatic imine (C=N–C) groups is 1. The average molecular weight is 365 g/mol. The Labute approximate surface area is 154 Å². The van der Waals surface area contributed by atoms with Gasteiger partial charge in [-0.3, -0.25) is 4.99 Å². The molecular formula is C19H22Cl2N2O. The summed E-state index contributed by atoms with van der Waals surface area (Å²) in [5.41, 5.74) is 1.25. The second-order valence-corrected chi connectivity index (χ2v) is 7.02. The number of amidine groups is 1. The summed E-state index contributed by atoms with van der Waals surface area (Å²) < 4.78 is 6.21. The molecular weight excluding hydrogens is 343 g/mol. The Balaban J connectivity index is 0.00000208. The van der Waals surface area contributed by atoms with Gasteiger partial charge in [-0.2, -0.15) is 0 Å². The lowest BCUT2D eigenvalue weighted by Crippen LogP contribution is -2.44. The molecule has 2 aromatic rings. The van der Waals surface area contributed by atoms with E-state index in [9.17, 15) is 0 Å². The molecule has 0 saturated carbocycles. The molecule has 1 unspecified atom stereocenters. The fraction of sp³-hybridized carbons (Fsp3) is 0.316. The molecule has 0 spiro atoms. The molecule has 24 heavy (non-hydrogen) atoms. The molecule has 128 valence electrons. The van der Waals surface area contributed by atoms with Crippen LogP contribution in [-0.4, -0.2) is 18.9 Å². The van der Waals surface area contributed by atoms with Gasteiger partial charge in [0.1, 0.15) is 11.6 Å². The van der Waals surface area contributed by atoms with Crippen LogP contribution in [0.15, 0.2) is 59.6 Å². The van der Waals surface area contributed by atoms with Crippen molar-refractivity contribution in [2.75, 3.05) is 13.1 Å². The van der Waals surface area contributed by atoms with Crippen LogP contribution in [0.25, 0.3) is 0 Å². The summed E-state index contributed by atoms with van der Waals surface area (Å²) in [5, 5.41) is 4.14. The van der Waals surface area contributed by atoms with Crippen molar-refractivity contribution in [3.05, 3.63) is 65.2 Å². The van der Waals surface area contributed by atoms with Crippen molar-refractivity contribution in [2.45, 2.75) is 20.0 Å². The van der Waals surface area contributed by atoms with Crippen LogP contribution in [0.1, 0.15) is 25.5 Å². The predicted molar refractivity (Wildman–Crippen MR) is 103 cm³/mol. The molecule has 1 atom stereocenters. The van der Waals surface area contributed by atoms with Crippen LogP contribution in [0.5, 0.6) is 5.75 Å². The number of hydrogen-bond acceptors (Lipinski definition) is 3. The van der Waals surface area contributed by atoms with Gasteiger partial charge in [0, 0.05) is 23.5 Å². The Bertz CT molecular complexity index is 684. The van der Waals surface area contributed by atoms with Crippen LogP contribution in [0.4, 0.5) is 0 Å². The van der Waals surface area contributed by atoms with Gasteiger partial charge in [-0.25, -0.2) is 0 Å². The normalized spacial score (nSPS) is 17.0. The van der Waals surface area contributed by atoms with Crippen LogP contribution in [-0.2, 0) is 0 Å². The molecule has 1 N–H and O–H groups in total. The summed E-state index contributed by atoms with van der Waals surface area (Å²) in [7, 11) is 0. The second kappa shape index (κ2) is 7.91. The number of hydrogen-bond donors (Lipinski definition) is 1. The quantitative estimate of drug-likeness (QED) is 0.835. The molecule has 0 aliphatic carbocycles. The predicted octanol–water partition coefficient (Wildman–Crippen LogP) is 4.91. The molecule has 0 radical (unpaired) electrons. The van der Waals surface area contributed by atoms with E-state index in [1.807, 2.05) is 42.5 Å². The van der Waals surface area contributed by atoms with E-state index < -0.39 is 0 Å². The van der Waals surface area contributed by atoms with Crippen molar-refractivity contribution in [3.63, 3.8) is 0 Å². The second-order valence-electron chi connectivity index (χ2n) is 6.58. The van der Waals surface area contributed by atoms with E-state index >= 15 is 0 Å². The maximum absolute atomic E-state index is 6.21. The van der Waals surface area contributed by atoms with Gasteiger partial charge in [-0.15, -0.1) is 12.4 Å². The maximum atomic E-state index is 6.21. The molecule has 3 nitrogen and oxygen atoms in total. The molecule has 5 heteroatoms. The first kappa shape index (κ1) is 18.6. The van der Waals surface area contributed by atoms with Crippen molar-refractivity contribution in [1.29, 1.82) is 0 Å². The molecule has 1 aliphatic heterocycles. The Kier molecular flexibility index (Phi) is 6.14. The van der Waals surface area contributed by atoms with Crippen molar-refractivity contribution in [3.8, 4) is 5.75 Å². The van der Waals surface area contributed by atoms with E-state index in [-0.39, 0.29) is 23.9 Å². The summed E-state index contributed by atoms with van der Waals surface area (Å²) in [6.07, 6.45) is -0.242. The summed E-state index contributed by atoms with van der Waals surface area (Å²) in [5.74, 6) is 1.66. The number of nitrogens with zero attached hydrogens (tertiary/aromatic N) is 1. The van der Waals surface area contributed by atoms with E-state index in [1.165, 1.54) is 0 Å². The third kappa shape index (κ3) is 4.65. The van der Waals surface area contributed by atoms with E-state index in [0.717, 1.165) is 30.2 Å². The molecule has 1 heterocycles. The topological polar surface area (TPSA) is 33.6 Å². The smallest absolute Gasteiger partial charge is 0.180 e. The van der Waals surface area contributed by atoms with Crippen LogP contribution in [0.2, 0.25) is 5.02 Å². The first-order valence-corrected chi connectivity index (χ1v) is 8.17. The summed E-state index contributed by atoms with van der Waals surface area (Å²) in [6, 6.07) is 17.6. The lowest BCUT2D eigenvalue weighted by molar-refractivity contribution is 0.258. The zero-order valence-electron chi connectivity index (χ0n) is 13.8. The minimum atomic E-state index is -0.242. The van der Waals surface area contributed by atoms with Crippen LogP contribution in [0.3, 0.4) is 0 Å². The van der Waals surface area contributed by atoms with Gasteiger partial charge in [-0.1, -0.05) is 55.8 Å². The number of benzene rings is 2. The third-order valence-electron chi connectivity index (χ3n) is 3.84. The minimum Gasteiger partial charge on any atom is -0.478 e. The summed E-state index contributed by atoms with van der Waals surface area (Å²) in [6.45, 7) is 6.09. The van der Waals surface area contributed by atoms with E-state index in [4.69, 9.17) is 21.3 Å². The highest BCUT2D eigenvalue weighted by Crippen LogP contribution is 2.27. The molecule has 0 bridgehead atoms. The fourth-order valence-corrected chi connectivity index (χ4v) is 2.60. The maximum Gasteiger partial charge on any atom is 0.180 e. The van der Waals surface area contributed by atoms with Gasteiger partial charge in [0.05, 0.1) is 0 Å². The highest BCUT2D eigenvalue weighted by Gasteiger charge is 2.28. The zero-order chi connectivity index (χ0) is 16.3. The number of halogens is 2. The monoisotopic (exact) mass is 364 g/mol. The highest BCUT2D eigenvalue weighted by atomic mass is 35.5. The average Bonchev–Trinajstić information content (AvgIpc) is 2.56. The third-order valence-corrected chi connectivity index (χ3v) is 4.10. The Morgan fingerprint density at radius 2 is 1.75 bits per heavy atom. The molecule has 0 saturated heterocycles. The van der Waals surface area contributed by atoms with Gasteiger partial charge >= 0.3 is 0 Å². The minimum absolute atomic E-state index is 0. The lowest BCUT2D eigenvalue weighted by atomic mass is 9.92. The Hall–Kier alpha value is -1.71. The number of nitrogens with one attached hydrogen (secondary N) is 1. The van der Waals surface area contributed by atoms with E-state index in [0.29, 0.717) is 5.02 Å². The van der Waals surface area contributed by atoms with Crippen molar-refractivity contribution in [1.82, 2.24) is 5.32 Å². The van der Waals surface area contributed by atoms with Crippen molar-refractivity contribution >= 4 is 29.8 Å². The largest absolute Gasteiger partial charge is 0.478 e. The molecule has 0 aromatic heterocycles. The van der Waals surface area contributed by atoms with Gasteiger partial charge in [0.2, 0.25) is 0 Å². The molecule has 3 rings (SSSR count). The van der Waals surface area contributed by atoms with Crippen molar-refractivity contribution in [2.24, 2.45) is 10.4 Å². The molecule has 0 amide bonds. The fourth-order valence-electron chi connectivity index (χ4n) is 2.48. The lowest BCUT2D eigenvalue weighted by Gasteiger charge is -2.32. The van der Waals surface area contributed by atoms with E-state index in [2.05, 4.69) is 31.3 Å². The van der Waals surface area contributed by atoms with Crippen molar-refractivity contribution < 1.29 is 4.74 Å². The van der Waals surface area contributed by atoms with Gasteiger partial charge in [0.15, 0.2) is 6.10 Å². The molecule has 2 aromatic carbocycles. The number of ether oxygens (including phenoxy) is 1. The SMILES string of the molecule is CC1(C)CN=C(C(Oc2ccc(Cl)cc2)c2ccccc2)NC1.Cl. The molecule has 1 aliphatic rings.